The van der Waals surface area contributed by atoms with Gasteiger partial charge < -0.3 is 9.88 Å². The number of hydrogen-bond acceptors (Lipinski definition) is 1. The summed E-state index contributed by atoms with van der Waals surface area (Å²) in [6, 6.07) is 16.6. The molecule has 1 aliphatic carbocycles. The van der Waals surface area contributed by atoms with E-state index in [0.717, 1.165) is 40.0 Å². The van der Waals surface area contributed by atoms with Gasteiger partial charge in [-0.3, -0.25) is 4.79 Å². The zero-order chi connectivity index (χ0) is 20.4. The molecule has 0 unspecified atom stereocenters. The van der Waals surface area contributed by atoms with Crippen LogP contribution >= 0.6 is 11.6 Å². The third-order valence-electron chi connectivity index (χ3n) is 6.52. The molecule has 1 N–H and O–H groups in total. The van der Waals surface area contributed by atoms with Gasteiger partial charge in [0.1, 0.15) is 0 Å². The lowest BCUT2D eigenvalue weighted by molar-refractivity contribution is -0.121. The molecule has 1 fully saturated rings. The van der Waals surface area contributed by atoms with E-state index in [1.807, 2.05) is 30.3 Å². The number of benzene rings is 2. The molecular weight excluding hydrogens is 380 g/mol. The number of fused-ring (bicyclic) bond motifs is 1. The molecule has 4 heteroatoms. The van der Waals surface area contributed by atoms with Gasteiger partial charge in [-0.25, -0.2) is 0 Å². The van der Waals surface area contributed by atoms with Gasteiger partial charge in [-0.05, 0) is 47.6 Å². The first-order valence-corrected chi connectivity index (χ1v) is 11.0. The normalized spacial score (nSPS) is 22.0. The van der Waals surface area contributed by atoms with Gasteiger partial charge in [0, 0.05) is 34.7 Å². The van der Waals surface area contributed by atoms with Gasteiger partial charge in [-0.1, -0.05) is 68.6 Å². The number of para-hydroxylation sites is 1. The molecule has 0 aliphatic heterocycles. The smallest absolute Gasteiger partial charge is 0.224 e. The van der Waals surface area contributed by atoms with Crippen molar-refractivity contribution in [2.24, 2.45) is 11.8 Å². The van der Waals surface area contributed by atoms with Crippen molar-refractivity contribution < 1.29 is 4.79 Å². The maximum absolute atomic E-state index is 12.9. The SMILES string of the molecule is C[C@@H]1[C@H](C)CCC[C@H]1NC(=O)Cc1cn(Cc2cccc(Cl)c2)c2ccccc12. The second kappa shape index (κ2) is 8.62. The van der Waals surface area contributed by atoms with Crippen LogP contribution in [0.5, 0.6) is 0 Å². The highest BCUT2D eigenvalue weighted by Gasteiger charge is 2.28. The van der Waals surface area contributed by atoms with Crippen LogP contribution in [0.15, 0.2) is 54.7 Å². The standard InChI is InChI=1S/C25H29ClN2O/c1-17-7-5-11-23(18(17)2)27-25(29)14-20-16-28(24-12-4-3-10-22(20)24)15-19-8-6-9-21(26)13-19/h3-4,6,8-10,12-13,16-18,23H,5,7,11,14-15H2,1-2H3,(H,27,29)/t17-,18-,23-/m1/s1. The monoisotopic (exact) mass is 408 g/mol. The van der Waals surface area contributed by atoms with Gasteiger partial charge in [0.05, 0.1) is 6.42 Å². The Morgan fingerprint density at radius 1 is 1.14 bits per heavy atom. The Bertz CT molecular complexity index is 1010. The number of hydrogen-bond donors (Lipinski definition) is 1. The molecule has 1 aromatic heterocycles. The van der Waals surface area contributed by atoms with E-state index in [0.29, 0.717) is 24.3 Å². The predicted octanol–water partition coefficient (Wildman–Crippen LogP) is 5.83. The Kier molecular flexibility index (Phi) is 5.96. The second-order valence-corrected chi connectivity index (χ2v) is 8.98. The van der Waals surface area contributed by atoms with Crippen molar-refractivity contribution in [2.45, 2.75) is 52.1 Å². The molecule has 3 atom stereocenters. The summed E-state index contributed by atoms with van der Waals surface area (Å²) in [6.45, 7) is 5.30. The average Bonchev–Trinajstić information content (AvgIpc) is 3.03. The van der Waals surface area contributed by atoms with Crippen molar-refractivity contribution in [2.75, 3.05) is 0 Å². The highest BCUT2D eigenvalue weighted by molar-refractivity contribution is 6.30. The molecule has 29 heavy (non-hydrogen) atoms. The van der Waals surface area contributed by atoms with Crippen molar-refractivity contribution in [1.82, 2.24) is 9.88 Å². The largest absolute Gasteiger partial charge is 0.353 e. The molecule has 0 radical (unpaired) electrons. The van der Waals surface area contributed by atoms with E-state index in [1.165, 1.54) is 12.8 Å². The number of amides is 1. The Morgan fingerprint density at radius 2 is 1.97 bits per heavy atom. The van der Waals surface area contributed by atoms with Crippen LogP contribution in [0.25, 0.3) is 10.9 Å². The zero-order valence-electron chi connectivity index (χ0n) is 17.2. The molecule has 4 rings (SSSR count). The van der Waals surface area contributed by atoms with Crippen molar-refractivity contribution in [3.63, 3.8) is 0 Å². The molecule has 3 nitrogen and oxygen atoms in total. The number of carbonyl (C=O) groups excluding carboxylic acids is 1. The van der Waals surface area contributed by atoms with Crippen LogP contribution in [-0.2, 0) is 17.8 Å². The highest BCUT2D eigenvalue weighted by atomic mass is 35.5. The molecule has 0 saturated heterocycles. The van der Waals surface area contributed by atoms with Crippen molar-refractivity contribution in [3.8, 4) is 0 Å². The van der Waals surface area contributed by atoms with E-state index in [-0.39, 0.29) is 5.91 Å². The maximum Gasteiger partial charge on any atom is 0.224 e. The van der Waals surface area contributed by atoms with E-state index in [9.17, 15) is 4.79 Å². The van der Waals surface area contributed by atoms with E-state index < -0.39 is 0 Å². The maximum atomic E-state index is 12.9. The summed E-state index contributed by atoms with van der Waals surface area (Å²) in [5, 5.41) is 5.21. The van der Waals surface area contributed by atoms with E-state index in [4.69, 9.17) is 11.6 Å². The summed E-state index contributed by atoms with van der Waals surface area (Å²) < 4.78 is 2.22. The molecule has 1 heterocycles. The van der Waals surface area contributed by atoms with Gasteiger partial charge in [0.25, 0.3) is 0 Å². The van der Waals surface area contributed by atoms with Crippen LogP contribution < -0.4 is 5.32 Å². The van der Waals surface area contributed by atoms with Gasteiger partial charge in [0.2, 0.25) is 5.91 Å². The summed E-state index contributed by atoms with van der Waals surface area (Å²) in [5.41, 5.74) is 3.38. The van der Waals surface area contributed by atoms with E-state index in [2.05, 4.69) is 48.1 Å². The van der Waals surface area contributed by atoms with Crippen molar-refractivity contribution in [3.05, 3.63) is 70.9 Å². The summed E-state index contributed by atoms with van der Waals surface area (Å²) in [6.07, 6.45) is 6.10. The fourth-order valence-electron chi connectivity index (χ4n) is 4.64. The second-order valence-electron chi connectivity index (χ2n) is 8.55. The van der Waals surface area contributed by atoms with E-state index >= 15 is 0 Å². The Labute approximate surface area is 178 Å². The third-order valence-corrected chi connectivity index (χ3v) is 6.75. The molecule has 1 amide bonds. The molecule has 3 aromatic rings. The molecule has 1 aliphatic rings. The summed E-state index contributed by atoms with van der Waals surface area (Å²) in [7, 11) is 0. The predicted molar refractivity (Wildman–Crippen MR) is 120 cm³/mol. The Morgan fingerprint density at radius 3 is 2.79 bits per heavy atom. The van der Waals surface area contributed by atoms with Gasteiger partial charge in [0.15, 0.2) is 0 Å². The van der Waals surface area contributed by atoms with Crippen LogP contribution in [0, 0.1) is 11.8 Å². The number of halogens is 1. The molecule has 0 bridgehead atoms. The topological polar surface area (TPSA) is 34.0 Å². The minimum absolute atomic E-state index is 0.126. The zero-order valence-corrected chi connectivity index (χ0v) is 18.0. The molecular formula is C25H29ClN2O. The van der Waals surface area contributed by atoms with Crippen molar-refractivity contribution in [1.29, 1.82) is 0 Å². The first kappa shape index (κ1) is 20.0. The number of nitrogens with one attached hydrogen (secondary N) is 1. The van der Waals surface area contributed by atoms with Gasteiger partial charge >= 0.3 is 0 Å². The van der Waals surface area contributed by atoms with Crippen LogP contribution in [0.2, 0.25) is 5.02 Å². The Balaban J connectivity index is 1.54. The third kappa shape index (κ3) is 4.51. The van der Waals surface area contributed by atoms with Gasteiger partial charge in [-0.2, -0.15) is 0 Å². The van der Waals surface area contributed by atoms with Crippen LogP contribution in [0.1, 0.15) is 44.2 Å². The highest BCUT2D eigenvalue weighted by Crippen LogP contribution is 2.30. The minimum Gasteiger partial charge on any atom is -0.353 e. The first-order valence-electron chi connectivity index (χ1n) is 10.6. The average molecular weight is 409 g/mol. The summed E-state index contributed by atoms with van der Waals surface area (Å²) in [5.74, 6) is 1.34. The van der Waals surface area contributed by atoms with Crippen LogP contribution in [-0.4, -0.2) is 16.5 Å². The number of rotatable bonds is 5. The summed E-state index contributed by atoms with van der Waals surface area (Å²) in [4.78, 5) is 12.9. The van der Waals surface area contributed by atoms with Crippen molar-refractivity contribution >= 4 is 28.4 Å². The molecule has 2 aromatic carbocycles. The number of aromatic nitrogens is 1. The fourth-order valence-corrected chi connectivity index (χ4v) is 4.86. The lowest BCUT2D eigenvalue weighted by atomic mass is 9.78. The Hall–Kier alpha value is -2.26. The van der Waals surface area contributed by atoms with Crippen LogP contribution in [0.3, 0.4) is 0 Å². The fraction of sp³-hybridized carbons (Fsp3) is 0.400. The minimum atomic E-state index is 0.126. The van der Waals surface area contributed by atoms with E-state index in [1.54, 1.807) is 0 Å². The number of carbonyl (C=O) groups is 1. The first-order chi connectivity index (χ1) is 14.0. The quantitative estimate of drug-likeness (QED) is 0.566. The molecule has 152 valence electrons. The van der Waals surface area contributed by atoms with Gasteiger partial charge in [-0.15, -0.1) is 0 Å². The number of nitrogens with zero attached hydrogens (tertiary/aromatic N) is 1. The molecule has 1 saturated carbocycles. The summed E-state index contributed by atoms with van der Waals surface area (Å²) >= 11 is 6.16. The lowest BCUT2D eigenvalue weighted by Gasteiger charge is -2.34. The molecule has 0 spiro atoms. The van der Waals surface area contributed by atoms with Crippen LogP contribution in [0.4, 0.5) is 0 Å². The lowest BCUT2D eigenvalue weighted by Crippen LogP contribution is -2.44.